The van der Waals surface area contributed by atoms with Gasteiger partial charge in [-0.15, -0.1) is 11.3 Å². The van der Waals surface area contributed by atoms with Crippen LogP contribution in [0.15, 0.2) is 6.07 Å². The lowest BCUT2D eigenvalue weighted by atomic mass is 10.2. The Bertz CT molecular complexity index is 283. The first-order valence-corrected chi connectivity index (χ1v) is 5.94. The highest BCUT2D eigenvalue weighted by atomic mass is 32.1. The Morgan fingerprint density at radius 1 is 1.57 bits per heavy atom. The Morgan fingerprint density at radius 3 is 3.00 bits per heavy atom. The molecule has 0 radical (unpaired) electrons. The molecule has 1 fully saturated rings. The summed E-state index contributed by atoms with van der Waals surface area (Å²) in [6, 6.07) is 2.85. The van der Waals surface area contributed by atoms with Gasteiger partial charge in [-0.25, -0.2) is 0 Å². The number of thiophene rings is 1. The van der Waals surface area contributed by atoms with Gasteiger partial charge in [0.05, 0.1) is 6.61 Å². The normalized spacial score (nSPS) is 21.7. The van der Waals surface area contributed by atoms with Gasteiger partial charge in [0.25, 0.3) is 0 Å². The zero-order valence-electron chi connectivity index (χ0n) is 8.80. The van der Waals surface area contributed by atoms with Gasteiger partial charge in [-0.2, -0.15) is 0 Å². The van der Waals surface area contributed by atoms with Crippen molar-refractivity contribution in [2.24, 2.45) is 0 Å². The summed E-state index contributed by atoms with van der Waals surface area (Å²) in [6.45, 7) is 7.15. The van der Waals surface area contributed by atoms with Crippen molar-refractivity contribution in [3.8, 4) is 0 Å². The summed E-state index contributed by atoms with van der Waals surface area (Å²) in [7, 11) is 0. The molecule has 1 aromatic rings. The molecule has 78 valence electrons. The van der Waals surface area contributed by atoms with Gasteiger partial charge in [-0.1, -0.05) is 0 Å². The Balaban J connectivity index is 1.85. The van der Waals surface area contributed by atoms with Crippen molar-refractivity contribution < 1.29 is 4.74 Å². The highest BCUT2D eigenvalue weighted by Gasteiger charge is 2.14. The van der Waals surface area contributed by atoms with E-state index in [1.54, 1.807) is 0 Å². The average molecular weight is 211 g/mol. The molecule has 1 atom stereocenters. The number of ether oxygens (including phenoxy) is 1. The first-order chi connectivity index (χ1) is 6.75. The largest absolute Gasteiger partial charge is 0.380 e. The summed E-state index contributed by atoms with van der Waals surface area (Å²) in [6.07, 6.45) is 1.16. The van der Waals surface area contributed by atoms with E-state index in [-0.39, 0.29) is 0 Å². The summed E-state index contributed by atoms with van der Waals surface area (Å²) >= 11 is 1.89. The summed E-state index contributed by atoms with van der Waals surface area (Å²) in [5.74, 6) is 0. The third-order valence-electron chi connectivity index (χ3n) is 2.71. The molecule has 2 nitrogen and oxygen atoms in total. The standard InChI is InChI=1S/C11H17NOS/c1-8-5-11(14-9(8)2)6-12-10-3-4-13-7-10/h5,10,12H,3-4,6-7H2,1-2H3. The topological polar surface area (TPSA) is 21.3 Å². The zero-order valence-corrected chi connectivity index (χ0v) is 9.62. The fourth-order valence-electron chi connectivity index (χ4n) is 1.68. The number of hydrogen-bond donors (Lipinski definition) is 1. The van der Waals surface area contributed by atoms with Crippen LogP contribution in [0.3, 0.4) is 0 Å². The minimum atomic E-state index is 0.567. The van der Waals surface area contributed by atoms with Crippen LogP contribution >= 0.6 is 11.3 Å². The minimum Gasteiger partial charge on any atom is -0.380 e. The molecule has 1 saturated heterocycles. The van der Waals surface area contributed by atoms with Crippen LogP contribution in [-0.4, -0.2) is 19.3 Å². The van der Waals surface area contributed by atoms with Gasteiger partial charge in [0.2, 0.25) is 0 Å². The third kappa shape index (κ3) is 2.35. The maximum Gasteiger partial charge on any atom is 0.0620 e. The van der Waals surface area contributed by atoms with Crippen LogP contribution < -0.4 is 5.32 Å². The molecule has 0 saturated carbocycles. The quantitative estimate of drug-likeness (QED) is 0.828. The Labute approximate surface area is 89.3 Å². The van der Waals surface area contributed by atoms with Crippen molar-refractivity contribution in [3.63, 3.8) is 0 Å². The number of nitrogens with one attached hydrogen (secondary N) is 1. The first-order valence-electron chi connectivity index (χ1n) is 5.13. The molecular formula is C11H17NOS. The van der Waals surface area contributed by atoms with Gasteiger partial charge in [-0.3, -0.25) is 0 Å². The van der Waals surface area contributed by atoms with E-state index in [0.29, 0.717) is 6.04 Å². The van der Waals surface area contributed by atoms with Gasteiger partial charge in [0, 0.05) is 28.9 Å². The molecule has 0 amide bonds. The lowest BCUT2D eigenvalue weighted by Crippen LogP contribution is -2.28. The molecule has 1 unspecified atom stereocenters. The molecule has 1 N–H and O–H groups in total. The maximum absolute atomic E-state index is 5.32. The van der Waals surface area contributed by atoms with E-state index >= 15 is 0 Å². The molecule has 1 aliphatic heterocycles. The monoisotopic (exact) mass is 211 g/mol. The van der Waals surface area contributed by atoms with Gasteiger partial charge in [0.15, 0.2) is 0 Å². The lowest BCUT2D eigenvalue weighted by molar-refractivity contribution is 0.190. The summed E-state index contributed by atoms with van der Waals surface area (Å²) in [5, 5.41) is 3.52. The Kier molecular flexibility index (Phi) is 3.21. The number of hydrogen-bond acceptors (Lipinski definition) is 3. The van der Waals surface area contributed by atoms with Gasteiger partial charge in [-0.05, 0) is 31.9 Å². The Morgan fingerprint density at radius 2 is 2.43 bits per heavy atom. The second kappa shape index (κ2) is 4.43. The maximum atomic E-state index is 5.32. The molecular weight excluding hydrogens is 194 g/mol. The predicted octanol–water partition coefficient (Wildman–Crippen LogP) is 2.24. The van der Waals surface area contributed by atoms with E-state index in [1.165, 1.54) is 15.3 Å². The molecule has 0 aliphatic carbocycles. The van der Waals surface area contributed by atoms with Crippen LogP contribution in [0.1, 0.15) is 21.7 Å². The van der Waals surface area contributed by atoms with E-state index in [9.17, 15) is 0 Å². The van der Waals surface area contributed by atoms with Crippen molar-refractivity contribution in [3.05, 3.63) is 21.4 Å². The minimum absolute atomic E-state index is 0.567. The fourth-order valence-corrected chi connectivity index (χ4v) is 2.68. The SMILES string of the molecule is Cc1cc(CNC2CCOC2)sc1C. The van der Waals surface area contributed by atoms with Gasteiger partial charge in [0.1, 0.15) is 0 Å². The van der Waals surface area contributed by atoms with Gasteiger partial charge < -0.3 is 10.1 Å². The lowest BCUT2D eigenvalue weighted by Gasteiger charge is -2.08. The van der Waals surface area contributed by atoms with E-state index in [2.05, 4.69) is 25.2 Å². The fraction of sp³-hybridized carbons (Fsp3) is 0.636. The Hall–Kier alpha value is -0.380. The van der Waals surface area contributed by atoms with Crippen molar-refractivity contribution in [1.82, 2.24) is 5.32 Å². The average Bonchev–Trinajstić information content (AvgIpc) is 2.74. The van der Waals surface area contributed by atoms with Crippen LogP contribution in [0.25, 0.3) is 0 Å². The second-order valence-electron chi connectivity index (χ2n) is 3.89. The molecule has 0 spiro atoms. The molecule has 1 aromatic heterocycles. The van der Waals surface area contributed by atoms with Crippen LogP contribution in [0.2, 0.25) is 0 Å². The number of rotatable bonds is 3. The van der Waals surface area contributed by atoms with Crippen molar-refractivity contribution in [2.75, 3.05) is 13.2 Å². The molecule has 2 rings (SSSR count). The summed E-state index contributed by atoms with van der Waals surface area (Å²) in [4.78, 5) is 2.87. The van der Waals surface area contributed by atoms with Crippen LogP contribution in [0, 0.1) is 13.8 Å². The molecule has 0 aromatic carbocycles. The second-order valence-corrected chi connectivity index (χ2v) is 5.23. The molecule has 14 heavy (non-hydrogen) atoms. The predicted molar refractivity (Wildman–Crippen MR) is 59.9 cm³/mol. The molecule has 1 aliphatic rings. The van der Waals surface area contributed by atoms with Crippen LogP contribution in [-0.2, 0) is 11.3 Å². The van der Waals surface area contributed by atoms with E-state index in [1.807, 2.05) is 11.3 Å². The molecule has 2 heterocycles. The van der Waals surface area contributed by atoms with Gasteiger partial charge >= 0.3 is 0 Å². The highest BCUT2D eigenvalue weighted by Crippen LogP contribution is 2.20. The van der Waals surface area contributed by atoms with E-state index in [0.717, 1.165) is 26.2 Å². The number of aryl methyl sites for hydroxylation is 2. The summed E-state index contributed by atoms with van der Waals surface area (Å²) < 4.78 is 5.32. The summed E-state index contributed by atoms with van der Waals surface area (Å²) in [5.41, 5.74) is 1.41. The van der Waals surface area contributed by atoms with Crippen LogP contribution in [0.5, 0.6) is 0 Å². The van der Waals surface area contributed by atoms with E-state index < -0.39 is 0 Å². The first kappa shape index (κ1) is 10.1. The smallest absolute Gasteiger partial charge is 0.0620 e. The highest BCUT2D eigenvalue weighted by molar-refractivity contribution is 7.12. The van der Waals surface area contributed by atoms with Crippen molar-refractivity contribution in [2.45, 2.75) is 32.9 Å². The van der Waals surface area contributed by atoms with Crippen molar-refractivity contribution in [1.29, 1.82) is 0 Å². The van der Waals surface area contributed by atoms with E-state index in [4.69, 9.17) is 4.74 Å². The third-order valence-corrected chi connectivity index (χ3v) is 3.86. The van der Waals surface area contributed by atoms with Crippen molar-refractivity contribution >= 4 is 11.3 Å². The van der Waals surface area contributed by atoms with Crippen LogP contribution in [0.4, 0.5) is 0 Å². The molecule has 3 heteroatoms. The zero-order chi connectivity index (χ0) is 9.97. The molecule has 0 bridgehead atoms.